The predicted molar refractivity (Wildman–Crippen MR) is 55.6 cm³/mol. The van der Waals surface area contributed by atoms with Gasteiger partial charge in [0.1, 0.15) is 5.75 Å². The maximum Gasteiger partial charge on any atom is 0.128 e. The zero-order valence-electron chi connectivity index (χ0n) is 8.92. The zero-order valence-corrected chi connectivity index (χ0v) is 8.92. The Hall–Kier alpha value is -1.02. The van der Waals surface area contributed by atoms with E-state index in [9.17, 15) is 5.11 Å². The fourth-order valence-electron chi connectivity index (χ4n) is 2.00. The Kier molecular flexibility index (Phi) is 2.04. The van der Waals surface area contributed by atoms with Gasteiger partial charge < -0.3 is 9.84 Å². The van der Waals surface area contributed by atoms with Gasteiger partial charge in [-0.25, -0.2) is 0 Å². The molecule has 0 radical (unpaired) electrons. The van der Waals surface area contributed by atoms with Crippen LogP contribution in [0.4, 0.5) is 0 Å². The molecule has 0 atom stereocenters. The van der Waals surface area contributed by atoms with Crippen molar-refractivity contribution in [2.24, 2.45) is 0 Å². The zero-order chi connectivity index (χ0) is 10.3. The van der Waals surface area contributed by atoms with Crippen LogP contribution in [0.2, 0.25) is 0 Å². The minimum atomic E-state index is -0.610. The lowest BCUT2D eigenvalue weighted by atomic mass is 9.97. The molecular weight excluding hydrogens is 176 g/mol. The summed E-state index contributed by atoms with van der Waals surface area (Å²) in [5, 5.41) is 10.1. The average molecular weight is 192 g/mol. The second-order valence-electron chi connectivity index (χ2n) is 4.14. The summed E-state index contributed by atoms with van der Waals surface area (Å²) in [6.07, 6.45) is 1.71. The molecule has 2 nitrogen and oxygen atoms in total. The van der Waals surface area contributed by atoms with Crippen LogP contribution < -0.4 is 4.74 Å². The summed E-state index contributed by atoms with van der Waals surface area (Å²) in [6, 6.07) is 4.08. The highest BCUT2D eigenvalue weighted by atomic mass is 16.5. The van der Waals surface area contributed by atoms with Crippen LogP contribution in [-0.4, -0.2) is 12.2 Å². The van der Waals surface area contributed by atoms with Crippen molar-refractivity contribution < 1.29 is 9.84 Å². The first-order chi connectivity index (χ1) is 6.58. The number of hydrogen-bond acceptors (Lipinski definition) is 2. The second kappa shape index (κ2) is 2.99. The highest BCUT2D eigenvalue weighted by Gasteiger charge is 2.45. The van der Waals surface area contributed by atoms with Gasteiger partial charge in [-0.2, -0.15) is 0 Å². The molecule has 2 rings (SSSR count). The summed E-state index contributed by atoms with van der Waals surface area (Å²) in [7, 11) is 1.66. The van der Waals surface area contributed by atoms with Gasteiger partial charge in [-0.05, 0) is 37.8 Å². The molecule has 1 aromatic rings. The van der Waals surface area contributed by atoms with E-state index in [-0.39, 0.29) is 0 Å². The third-order valence-electron chi connectivity index (χ3n) is 2.96. The molecule has 0 bridgehead atoms. The summed E-state index contributed by atoms with van der Waals surface area (Å²) in [4.78, 5) is 0. The molecule has 0 aromatic heterocycles. The molecule has 0 unspecified atom stereocenters. The molecule has 1 saturated carbocycles. The van der Waals surface area contributed by atoms with Crippen molar-refractivity contribution in [2.75, 3.05) is 7.11 Å². The van der Waals surface area contributed by atoms with Gasteiger partial charge in [-0.1, -0.05) is 12.1 Å². The first-order valence-corrected chi connectivity index (χ1v) is 4.95. The van der Waals surface area contributed by atoms with E-state index in [1.165, 1.54) is 0 Å². The second-order valence-corrected chi connectivity index (χ2v) is 4.14. The van der Waals surface area contributed by atoms with Crippen LogP contribution in [0, 0.1) is 13.8 Å². The summed E-state index contributed by atoms with van der Waals surface area (Å²) in [6.45, 7) is 4.03. The first-order valence-electron chi connectivity index (χ1n) is 4.95. The molecule has 0 heterocycles. The Bertz CT molecular complexity index is 365. The van der Waals surface area contributed by atoms with Gasteiger partial charge in [0.25, 0.3) is 0 Å². The van der Waals surface area contributed by atoms with E-state index in [1.54, 1.807) is 7.11 Å². The van der Waals surface area contributed by atoms with Crippen LogP contribution in [0.5, 0.6) is 5.75 Å². The van der Waals surface area contributed by atoms with Gasteiger partial charge in [-0.15, -0.1) is 0 Å². The van der Waals surface area contributed by atoms with E-state index in [0.29, 0.717) is 0 Å². The van der Waals surface area contributed by atoms with Crippen molar-refractivity contribution in [2.45, 2.75) is 32.3 Å². The largest absolute Gasteiger partial charge is 0.496 e. The van der Waals surface area contributed by atoms with Gasteiger partial charge >= 0.3 is 0 Å². The molecule has 1 aliphatic carbocycles. The van der Waals surface area contributed by atoms with Crippen LogP contribution in [-0.2, 0) is 5.60 Å². The predicted octanol–water partition coefficient (Wildman–Crippen LogP) is 2.29. The van der Waals surface area contributed by atoms with E-state index in [1.807, 2.05) is 26.0 Å². The lowest BCUT2D eigenvalue weighted by molar-refractivity contribution is 0.146. The molecule has 1 fully saturated rings. The normalized spacial score (nSPS) is 18.0. The maximum atomic E-state index is 10.1. The SMILES string of the molecule is COc1c(C)ccc(C)c1C1(O)CC1. The monoisotopic (exact) mass is 192 g/mol. The summed E-state index contributed by atoms with van der Waals surface area (Å²) < 4.78 is 5.36. The molecule has 1 aliphatic rings. The Morgan fingerprint density at radius 1 is 1.21 bits per heavy atom. The Labute approximate surface area is 84.5 Å². The van der Waals surface area contributed by atoms with Crippen molar-refractivity contribution in [3.8, 4) is 5.75 Å². The van der Waals surface area contributed by atoms with E-state index in [2.05, 4.69) is 0 Å². The van der Waals surface area contributed by atoms with E-state index >= 15 is 0 Å². The lowest BCUT2D eigenvalue weighted by Gasteiger charge is -2.18. The van der Waals surface area contributed by atoms with Crippen molar-refractivity contribution >= 4 is 0 Å². The summed E-state index contributed by atoms with van der Waals surface area (Å²) >= 11 is 0. The summed E-state index contributed by atoms with van der Waals surface area (Å²) in [5.41, 5.74) is 2.59. The number of methoxy groups -OCH3 is 1. The minimum absolute atomic E-state index is 0.610. The molecule has 76 valence electrons. The van der Waals surface area contributed by atoms with Crippen molar-refractivity contribution in [1.82, 2.24) is 0 Å². The standard InChI is InChI=1S/C12H16O2/c1-8-4-5-9(2)11(14-3)10(8)12(13)6-7-12/h4-5,13H,6-7H2,1-3H3. The van der Waals surface area contributed by atoms with Gasteiger partial charge in [0, 0.05) is 5.56 Å². The first kappa shape index (κ1) is 9.53. The third kappa shape index (κ3) is 1.30. The fraction of sp³-hybridized carbons (Fsp3) is 0.500. The molecular formula is C12H16O2. The molecule has 14 heavy (non-hydrogen) atoms. The quantitative estimate of drug-likeness (QED) is 0.779. The van der Waals surface area contributed by atoms with Gasteiger partial charge in [0.2, 0.25) is 0 Å². The number of hydrogen-bond donors (Lipinski definition) is 1. The Morgan fingerprint density at radius 2 is 1.79 bits per heavy atom. The topological polar surface area (TPSA) is 29.5 Å². The minimum Gasteiger partial charge on any atom is -0.496 e. The highest BCUT2D eigenvalue weighted by molar-refractivity contribution is 5.50. The number of aliphatic hydroxyl groups is 1. The molecule has 1 aromatic carbocycles. The molecule has 0 saturated heterocycles. The van der Waals surface area contributed by atoms with Crippen LogP contribution in [0.1, 0.15) is 29.5 Å². The highest BCUT2D eigenvalue weighted by Crippen LogP contribution is 2.50. The molecule has 0 aliphatic heterocycles. The number of rotatable bonds is 2. The van der Waals surface area contributed by atoms with Crippen molar-refractivity contribution in [1.29, 1.82) is 0 Å². The van der Waals surface area contributed by atoms with Crippen LogP contribution >= 0.6 is 0 Å². The summed E-state index contributed by atoms with van der Waals surface area (Å²) in [5.74, 6) is 0.852. The number of benzene rings is 1. The van der Waals surface area contributed by atoms with Gasteiger partial charge in [0.15, 0.2) is 0 Å². The van der Waals surface area contributed by atoms with E-state index < -0.39 is 5.60 Å². The fourth-order valence-corrected chi connectivity index (χ4v) is 2.00. The number of aryl methyl sites for hydroxylation is 2. The lowest BCUT2D eigenvalue weighted by Crippen LogP contribution is -2.10. The number of ether oxygens (including phenoxy) is 1. The van der Waals surface area contributed by atoms with Crippen molar-refractivity contribution in [3.05, 3.63) is 28.8 Å². The van der Waals surface area contributed by atoms with Crippen LogP contribution in [0.25, 0.3) is 0 Å². The van der Waals surface area contributed by atoms with Crippen molar-refractivity contribution in [3.63, 3.8) is 0 Å². The molecule has 0 spiro atoms. The smallest absolute Gasteiger partial charge is 0.128 e. The average Bonchev–Trinajstić information content (AvgIpc) is 2.88. The Morgan fingerprint density at radius 3 is 2.29 bits per heavy atom. The molecule has 1 N–H and O–H groups in total. The molecule has 2 heteroatoms. The van der Waals surface area contributed by atoms with Gasteiger partial charge in [-0.3, -0.25) is 0 Å². The molecule has 0 amide bonds. The van der Waals surface area contributed by atoms with Crippen LogP contribution in [0.3, 0.4) is 0 Å². The van der Waals surface area contributed by atoms with Crippen LogP contribution in [0.15, 0.2) is 12.1 Å². The third-order valence-corrected chi connectivity index (χ3v) is 2.96. The maximum absolute atomic E-state index is 10.1. The van der Waals surface area contributed by atoms with E-state index in [4.69, 9.17) is 4.74 Å². The van der Waals surface area contributed by atoms with Gasteiger partial charge in [0.05, 0.1) is 12.7 Å². The van der Waals surface area contributed by atoms with E-state index in [0.717, 1.165) is 35.3 Å². The Balaban J connectivity index is 2.60.